The van der Waals surface area contributed by atoms with Gasteiger partial charge in [-0.3, -0.25) is 4.79 Å². The standard InChI is InChI=1S/C20H30N4O/c1-15-14-18(19(25)23-17-10-6-3-7-11-17)24-20(22-15)21-13-12-16-8-4-2-5-9-16/h8,14,17H,2-7,9-13H2,1H3,(H,23,25)(H,21,22,24). The number of carbonyl (C=O) groups is 1. The molecule has 0 atom stereocenters. The van der Waals surface area contributed by atoms with E-state index in [0.29, 0.717) is 17.7 Å². The van der Waals surface area contributed by atoms with Gasteiger partial charge in [0.05, 0.1) is 0 Å². The maximum atomic E-state index is 12.5. The van der Waals surface area contributed by atoms with Gasteiger partial charge in [0.1, 0.15) is 5.69 Å². The van der Waals surface area contributed by atoms with Crippen molar-refractivity contribution in [1.82, 2.24) is 15.3 Å². The number of nitrogens with one attached hydrogen (secondary N) is 2. The molecule has 5 heteroatoms. The second-order valence-corrected chi connectivity index (χ2v) is 7.31. The van der Waals surface area contributed by atoms with Crippen LogP contribution in [0, 0.1) is 6.92 Å². The highest BCUT2D eigenvalue weighted by Gasteiger charge is 2.18. The van der Waals surface area contributed by atoms with E-state index in [4.69, 9.17) is 0 Å². The van der Waals surface area contributed by atoms with E-state index in [1.807, 2.05) is 6.92 Å². The predicted molar refractivity (Wildman–Crippen MR) is 101 cm³/mol. The molecule has 0 saturated heterocycles. The first-order valence-electron chi connectivity index (χ1n) is 9.79. The first kappa shape index (κ1) is 17.9. The Balaban J connectivity index is 1.55. The van der Waals surface area contributed by atoms with Crippen LogP contribution in [0.15, 0.2) is 17.7 Å². The molecule has 0 radical (unpaired) electrons. The molecule has 0 aliphatic heterocycles. The number of hydrogen-bond acceptors (Lipinski definition) is 4. The minimum atomic E-state index is -0.0737. The fraction of sp³-hybridized carbons (Fsp3) is 0.650. The molecule has 1 saturated carbocycles. The quantitative estimate of drug-likeness (QED) is 0.762. The Morgan fingerprint density at radius 2 is 2.00 bits per heavy atom. The van der Waals surface area contributed by atoms with Crippen molar-refractivity contribution in [3.8, 4) is 0 Å². The number of nitrogens with zero attached hydrogens (tertiary/aromatic N) is 2. The number of anilines is 1. The number of allylic oxidation sites excluding steroid dienone is 1. The zero-order valence-corrected chi connectivity index (χ0v) is 15.3. The van der Waals surface area contributed by atoms with Gasteiger partial charge >= 0.3 is 0 Å². The summed E-state index contributed by atoms with van der Waals surface area (Å²) in [4.78, 5) is 21.4. The normalized spacial score (nSPS) is 18.5. The second-order valence-electron chi connectivity index (χ2n) is 7.31. The summed E-state index contributed by atoms with van der Waals surface area (Å²) in [5, 5.41) is 6.42. The van der Waals surface area contributed by atoms with Gasteiger partial charge in [0.15, 0.2) is 0 Å². The van der Waals surface area contributed by atoms with Crippen molar-refractivity contribution >= 4 is 11.9 Å². The Kier molecular flexibility index (Phi) is 6.42. The molecule has 0 aromatic carbocycles. The summed E-state index contributed by atoms with van der Waals surface area (Å²) >= 11 is 0. The van der Waals surface area contributed by atoms with Gasteiger partial charge in [0.2, 0.25) is 5.95 Å². The number of carbonyl (C=O) groups excluding carboxylic acids is 1. The van der Waals surface area contributed by atoms with Crippen LogP contribution in [0.2, 0.25) is 0 Å². The van der Waals surface area contributed by atoms with Crippen LogP contribution in [0.4, 0.5) is 5.95 Å². The first-order valence-corrected chi connectivity index (χ1v) is 9.79. The third kappa shape index (κ3) is 5.55. The van der Waals surface area contributed by atoms with Gasteiger partial charge in [-0.25, -0.2) is 9.97 Å². The Bertz CT molecular complexity index is 620. The van der Waals surface area contributed by atoms with Crippen molar-refractivity contribution in [2.75, 3.05) is 11.9 Å². The van der Waals surface area contributed by atoms with E-state index < -0.39 is 0 Å². The van der Waals surface area contributed by atoms with E-state index in [1.165, 1.54) is 50.5 Å². The lowest BCUT2D eigenvalue weighted by Crippen LogP contribution is -2.36. The molecular weight excluding hydrogens is 312 g/mol. The lowest BCUT2D eigenvalue weighted by Gasteiger charge is -2.22. The van der Waals surface area contributed by atoms with Gasteiger partial charge in [-0.15, -0.1) is 0 Å². The van der Waals surface area contributed by atoms with Crippen LogP contribution >= 0.6 is 0 Å². The Morgan fingerprint density at radius 3 is 2.76 bits per heavy atom. The molecule has 1 aromatic heterocycles. The molecule has 1 fully saturated rings. The molecule has 136 valence electrons. The number of amides is 1. The highest BCUT2D eigenvalue weighted by atomic mass is 16.1. The van der Waals surface area contributed by atoms with E-state index in [-0.39, 0.29) is 5.91 Å². The third-order valence-electron chi connectivity index (χ3n) is 5.14. The molecule has 0 spiro atoms. The predicted octanol–water partition coefficient (Wildman–Crippen LogP) is 4.15. The van der Waals surface area contributed by atoms with Gasteiger partial charge in [0, 0.05) is 18.3 Å². The van der Waals surface area contributed by atoms with Gasteiger partial charge in [-0.2, -0.15) is 0 Å². The topological polar surface area (TPSA) is 66.9 Å². The SMILES string of the molecule is Cc1cc(C(=O)NC2CCCCC2)nc(NCCC2=CCCCC2)n1. The Labute approximate surface area is 150 Å². The highest BCUT2D eigenvalue weighted by molar-refractivity contribution is 5.92. The molecule has 1 heterocycles. The summed E-state index contributed by atoms with van der Waals surface area (Å²) in [7, 11) is 0. The maximum Gasteiger partial charge on any atom is 0.270 e. The number of rotatable bonds is 6. The molecule has 1 amide bonds. The van der Waals surface area contributed by atoms with Crippen molar-refractivity contribution < 1.29 is 4.79 Å². The zero-order valence-electron chi connectivity index (χ0n) is 15.3. The molecule has 3 rings (SSSR count). The smallest absolute Gasteiger partial charge is 0.270 e. The van der Waals surface area contributed by atoms with Crippen LogP contribution in [-0.2, 0) is 0 Å². The van der Waals surface area contributed by atoms with Gasteiger partial charge < -0.3 is 10.6 Å². The molecular formula is C20H30N4O. The minimum absolute atomic E-state index is 0.0737. The van der Waals surface area contributed by atoms with Crippen molar-refractivity contribution in [3.63, 3.8) is 0 Å². The fourth-order valence-corrected chi connectivity index (χ4v) is 3.74. The van der Waals surface area contributed by atoms with E-state index >= 15 is 0 Å². The monoisotopic (exact) mass is 342 g/mol. The molecule has 0 bridgehead atoms. The zero-order chi connectivity index (χ0) is 17.5. The lowest BCUT2D eigenvalue weighted by atomic mass is 9.95. The van der Waals surface area contributed by atoms with Crippen molar-refractivity contribution in [2.45, 2.75) is 77.2 Å². The number of aryl methyl sites for hydroxylation is 1. The summed E-state index contributed by atoms with van der Waals surface area (Å²) in [6.07, 6.45) is 14.3. The Hall–Kier alpha value is -1.91. The summed E-state index contributed by atoms with van der Waals surface area (Å²) in [5.41, 5.74) is 2.82. The lowest BCUT2D eigenvalue weighted by molar-refractivity contribution is 0.0922. The van der Waals surface area contributed by atoms with E-state index in [1.54, 1.807) is 6.07 Å². The van der Waals surface area contributed by atoms with Crippen LogP contribution in [0.25, 0.3) is 0 Å². The highest BCUT2D eigenvalue weighted by Crippen LogP contribution is 2.20. The largest absolute Gasteiger partial charge is 0.354 e. The second kappa shape index (κ2) is 8.97. The van der Waals surface area contributed by atoms with Gasteiger partial charge in [-0.05, 0) is 57.9 Å². The minimum Gasteiger partial charge on any atom is -0.354 e. The number of hydrogen-bond donors (Lipinski definition) is 2. The van der Waals surface area contributed by atoms with Crippen molar-refractivity contribution in [1.29, 1.82) is 0 Å². The molecule has 0 unspecified atom stereocenters. The summed E-state index contributed by atoms with van der Waals surface area (Å²) < 4.78 is 0. The van der Waals surface area contributed by atoms with Crippen LogP contribution in [0.5, 0.6) is 0 Å². The summed E-state index contributed by atoms with van der Waals surface area (Å²) in [6, 6.07) is 2.07. The van der Waals surface area contributed by atoms with E-state index in [9.17, 15) is 4.79 Å². The van der Waals surface area contributed by atoms with Crippen LogP contribution in [-0.4, -0.2) is 28.5 Å². The van der Waals surface area contributed by atoms with Crippen LogP contribution in [0.1, 0.15) is 80.4 Å². The molecule has 2 aliphatic carbocycles. The van der Waals surface area contributed by atoms with Gasteiger partial charge in [-0.1, -0.05) is 30.9 Å². The molecule has 25 heavy (non-hydrogen) atoms. The Morgan fingerprint density at radius 1 is 1.16 bits per heavy atom. The van der Waals surface area contributed by atoms with Crippen molar-refractivity contribution in [2.24, 2.45) is 0 Å². The average Bonchev–Trinajstić information content (AvgIpc) is 2.63. The average molecular weight is 342 g/mol. The van der Waals surface area contributed by atoms with Crippen LogP contribution < -0.4 is 10.6 Å². The van der Waals surface area contributed by atoms with Gasteiger partial charge in [0.25, 0.3) is 5.91 Å². The molecule has 2 N–H and O–H groups in total. The first-order chi connectivity index (χ1) is 12.2. The van der Waals surface area contributed by atoms with Crippen LogP contribution in [0.3, 0.4) is 0 Å². The van der Waals surface area contributed by atoms with E-state index in [2.05, 4.69) is 26.7 Å². The third-order valence-corrected chi connectivity index (χ3v) is 5.14. The molecule has 2 aliphatic rings. The molecule has 1 aromatic rings. The maximum absolute atomic E-state index is 12.5. The summed E-state index contributed by atoms with van der Waals surface area (Å²) in [5.74, 6) is 0.487. The summed E-state index contributed by atoms with van der Waals surface area (Å²) in [6.45, 7) is 2.73. The van der Waals surface area contributed by atoms with Crippen molar-refractivity contribution in [3.05, 3.63) is 29.1 Å². The number of aromatic nitrogens is 2. The van der Waals surface area contributed by atoms with E-state index in [0.717, 1.165) is 31.5 Å². The molecule has 5 nitrogen and oxygen atoms in total. The fourth-order valence-electron chi connectivity index (χ4n) is 3.74.